The number of aryl methyl sites for hydroxylation is 1. The van der Waals surface area contributed by atoms with Gasteiger partial charge in [-0.2, -0.15) is 0 Å². The second kappa shape index (κ2) is 9.35. The molecular formula is C22H24N2O2S. The summed E-state index contributed by atoms with van der Waals surface area (Å²) in [6.45, 7) is 5.52. The Hall–Kier alpha value is -2.63. The first-order valence-corrected chi connectivity index (χ1v) is 9.86. The Morgan fingerprint density at radius 3 is 2.26 bits per heavy atom. The average molecular weight is 381 g/mol. The Kier molecular flexibility index (Phi) is 6.63. The highest BCUT2D eigenvalue weighted by Crippen LogP contribution is 2.23. The summed E-state index contributed by atoms with van der Waals surface area (Å²) in [5, 5.41) is 8.38. The van der Waals surface area contributed by atoms with Crippen LogP contribution >= 0.6 is 11.3 Å². The maximum absolute atomic E-state index is 11.0. The van der Waals surface area contributed by atoms with Gasteiger partial charge in [-0.15, -0.1) is 11.3 Å². The number of thiophene rings is 1. The molecule has 0 aliphatic carbocycles. The molecule has 0 unspecified atom stereocenters. The van der Waals surface area contributed by atoms with Crippen molar-refractivity contribution < 1.29 is 9.53 Å². The topological polar surface area (TPSA) is 50.4 Å². The van der Waals surface area contributed by atoms with Crippen LogP contribution in [0.3, 0.4) is 0 Å². The van der Waals surface area contributed by atoms with Crippen LogP contribution in [-0.2, 0) is 17.8 Å². The third kappa shape index (κ3) is 5.94. The van der Waals surface area contributed by atoms with Gasteiger partial charge in [-0.1, -0.05) is 12.1 Å². The van der Waals surface area contributed by atoms with Gasteiger partial charge in [0.05, 0.1) is 0 Å². The average Bonchev–Trinajstić information content (AvgIpc) is 3.06. The van der Waals surface area contributed by atoms with Crippen LogP contribution in [0.1, 0.15) is 22.9 Å². The third-order valence-corrected chi connectivity index (χ3v) is 5.20. The number of hydrogen-bond acceptors (Lipinski definition) is 4. The monoisotopic (exact) mass is 380 g/mol. The van der Waals surface area contributed by atoms with Gasteiger partial charge in [0.2, 0.25) is 5.91 Å². The normalized spacial score (nSPS) is 10.6. The van der Waals surface area contributed by atoms with Crippen LogP contribution in [0.5, 0.6) is 11.5 Å². The summed E-state index contributed by atoms with van der Waals surface area (Å²) in [7, 11) is 0. The van der Waals surface area contributed by atoms with Gasteiger partial charge in [-0.25, -0.2) is 0 Å². The predicted molar refractivity (Wildman–Crippen MR) is 112 cm³/mol. The van der Waals surface area contributed by atoms with Crippen molar-refractivity contribution in [3.05, 3.63) is 76.0 Å². The minimum atomic E-state index is -0.0840. The maximum Gasteiger partial charge on any atom is 0.221 e. The number of ether oxygens (including phenoxy) is 1. The molecule has 3 aromatic rings. The van der Waals surface area contributed by atoms with E-state index in [9.17, 15) is 4.79 Å². The van der Waals surface area contributed by atoms with Crippen LogP contribution in [0.25, 0.3) is 0 Å². The number of amides is 1. The summed E-state index contributed by atoms with van der Waals surface area (Å²) in [5.41, 5.74) is 3.40. The van der Waals surface area contributed by atoms with Crippen molar-refractivity contribution in [2.24, 2.45) is 0 Å². The lowest BCUT2D eigenvalue weighted by Gasteiger charge is -2.09. The Morgan fingerprint density at radius 2 is 1.67 bits per heavy atom. The SMILES string of the molecule is CC(=O)Nc1ccc(Oc2ccc(CCNCc3sccc3C)cc2)cc1. The van der Waals surface area contributed by atoms with Crippen molar-refractivity contribution in [1.29, 1.82) is 0 Å². The standard InChI is InChI=1S/C22H24N2O2S/c1-16-12-14-27-22(16)15-23-13-11-18-3-7-20(8-4-18)26-21-9-5-19(6-10-21)24-17(2)25/h3-10,12,14,23H,11,13,15H2,1-2H3,(H,24,25). The van der Waals surface area contributed by atoms with E-state index in [-0.39, 0.29) is 5.91 Å². The minimum absolute atomic E-state index is 0.0840. The van der Waals surface area contributed by atoms with Crippen molar-refractivity contribution in [1.82, 2.24) is 5.32 Å². The molecule has 27 heavy (non-hydrogen) atoms. The van der Waals surface area contributed by atoms with Crippen molar-refractivity contribution in [2.45, 2.75) is 26.8 Å². The summed E-state index contributed by atoms with van der Waals surface area (Å²) >= 11 is 1.80. The van der Waals surface area contributed by atoms with E-state index in [0.29, 0.717) is 0 Å². The molecule has 4 nitrogen and oxygen atoms in total. The highest BCUT2D eigenvalue weighted by molar-refractivity contribution is 7.10. The molecule has 1 aromatic heterocycles. The summed E-state index contributed by atoms with van der Waals surface area (Å²) in [6.07, 6.45) is 0.982. The van der Waals surface area contributed by atoms with Gasteiger partial charge in [0.15, 0.2) is 0 Å². The van der Waals surface area contributed by atoms with E-state index in [2.05, 4.69) is 41.1 Å². The van der Waals surface area contributed by atoms with E-state index in [1.807, 2.05) is 36.4 Å². The highest BCUT2D eigenvalue weighted by Gasteiger charge is 2.01. The van der Waals surface area contributed by atoms with Crippen molar-refractivity contribution in [2.75, 3.05) is 11.9 Å². The van der Waals surface area contributed by atoms with Gasteiger partial charge in [-0.05, 0) is 78.9 Å². The van der Waals surface area contributed by atoms with Gasteiger partial charge < -0.3 is 15.4 Å². The fourth-order valence-corrected chi connectivity index (χ4v) is 3.57. The number of benzene rings is 2. The van der Waals surface area contributed by atoms with E-state index in [4.69, 9.17) is 4.74 Å². The lowest BCUT2D eigenvalue weighted by Crippen LogP contribution is -2.16. The van der Waals surface area contributed by atoms with E-state index >= 15 is 0 Å². The fourth-order valence-electron chi connectivity index (χ4n) is 2.69. The third-order valence-electron chi connectivity index (χ3n) is 4.18. The lowest BCUT2D eigenvalue weighted by atomic mass is 10.1. The zero-order valence-electron chi connectivity index (χ0n) is 15.6. The van der Waals surface area contributed by atoms with E-state index in [1.54, 1.807) is 11.3 Å². The van der Waals surface area contributed by atoms with Gasteiger partial charge in [0, 0.05) is 24.0 Å². The number of carbonyl (C=O) groups is 1. The molecule has 0 atom stereocenters. The Bertz CT molecular complexity index is 870. The van der Waals surface area contributed by atoms with E-state index in [1.165, 1.54) is 22.9 Å². The molecular weight excluding hydrogens is 356 g/mol. The quantitative estimate of drug-likeness (QED) is 0.532. The molecule has 3 rings (SSSR count). The molecule has 0 saturated heterocycles. The van der Waals surface area contributed by atoms with Crippen LogP contribution in [0.4, 0.5) is 5.69 Å². The zero-order valence-corrected chi connectivity index (χ0v) is 16.4. The van der Waals surface area contributed by atoms with Crippen molar-refractivity contribution >= 4 is 22.9 Å². The summed E-state index contributed by atoms with van der Waals surface area (Å²) in [6, 6.07) is 17.7. The van der Waals surface area contributed by atoms with Gasteiger partial charge in [0.25, 0.3) is 0 Å². The van der Waals surface area contributed by atoms with E-state index in [0.717, 1.165) is 36.7 Å². The number of carbonyl (C=O) groups excluding carboxylic acids is 1. The number of nitrogens with one attached hydrogen (secondary N) is 2. The molecule has 0 radical (unpaired) electrons. The number of anilines is 1. The summed E-state index contributed by atoms with van der Waals surface area (Å²) < 4.78 is 5.85. The molecule has 1 amide bonds. The molecule has 0 bridgehead atoms. The van der Waals surface area contributed by atoms with Crippen LogP contribution < -0.4 is 15.4 Å². The second-order valence-electron chi connectivity index (χ2n) is 6.41. The molecule has 0 saturated carbocycles. The first-order chi connectivity index (χ1) is 13.1. The second-order valence-corrected chi connectivity index (χ2v) is 7.41. The zero-order chi connectivity index (χ0) is 19.1. The molecule has 1 heterocycles. The molecule has 2 aromatic carbocycles. The first kappa shape index (κ1) is 19.1. The van der Waals surface area contributed by atoms with Gasteiger partial charge in [-0.3, -0.25) is 4.79 Å². The minimum Gasteiger partial charge on any atom is -0.457 e. The molecule has 0 aliphatic heterocycles. The van der Waals surface area contributed by atoms with Crippen LogP contribution in [0.15, 0.2) is 60.0 Å². The Morgan fingerprint density at radius 1 is 1.00 bits per heavy atom. The Balaban J connectivity index is 1.45. The van der Waals surface area contributed by atoms with Crippen LogP contribution in [0.2, 0.25) is 0 Å². The van der Waals surface area contributed by atoms with Gasteiger partial charge in [0.1, 0.15) is 11.5 Å². The van der Waals surface area contributed by atoms with Gasteiger partial charge >= 0.3 is 0 Å². The van der Waals surface area contributed by atoms with Crippen LogP contribution in [0, 0.1) is 6.92 Å². The maximum atomic E-state index is 11.0. The number of rotatable bonds is 8. The molecule has 0 spiro atoms. The highest BCUT2D eigenvalue weighted by atomic mass is 32.1. The van der Waals surface area contributed by atoms with Crippen LogP contribution in [-0.4, -0.2) is 12.5 Å². The summed E-state index contributed by atoms with van der Waals surface area (Å²) in [5.74, 6) is 1.46. The van der Waals surface area contributed by atoms with Crippen molar-refractivity contribution in [3.8, 4) is 11.5 Å². The smallest absolute Gasteiger partial charge is 0.221 e. The van der Waals surface area contributed by atoms with Crippen molar-refractivity contribution in [3.63, 3.8) is 0 Å². The fraction of sp³-hybridized carbons (Fsp3) is 0.227. The first-order valence-electron chi connectivity index (χ1n) is 8.98. The molecule has 0 aliphatic rings. The van der Waals surface area contributed by atoms with E-state index < -0.39 is 0 Å². The molecule has 0 fully saturated rings. The Labute approximate surface area is 164 Å². The largest absolute Gasteiger partial charge is 0.457 e. The molecule has 2 N–H and O–H groups in total. The summed E-state index contributed by atoms with van der Waals surface area (Å²) in [4.78, 5) is 12.4. The predicted octanol–water partition coefficient (Wildman–Crippen LogP) is 5.14. The molecule has 140 valence electrons. The number of hydrogen-bond donors (Lipinski definition) is 2. The lowest BCUT2D eigenvalue weighted by molar-refractivity contribution is -0.114. The molecule has 5 heteroatoms.